The van der Waals surface area contributed by atoms with Crippen molar-refractivity contribution in [2.45, 2.75) is 56.1 Å². The summed E-state index contributed by atoms with van der Waals surface area (Å²) in [6.45, 7) is 0. The second-order valence-electron chi connectivity index (χ2n) is 10.7. The number of hydrogen-bond acceptors (Lipinski definition) is 7. The molecule has 1 aromatic heterocycles. The third-order valence-corrected chi connectivity index (χ3v) is 8.23. The molecule has 4 aliphatic rings. The molecule has 9 heteroatoms. The number of nitriles is 1. The highest BCUT2D eigenvalue weighted by atomic mass is 35.5. The van der Waals surface area contributed by atoms with E-state index in [-0.39, 0.29) is 17.4 Å². The van der Waals surface area contributed by atoms with Gasteiger partial charge in [0.15, 0.2) is 0 Å². The van der Waals surface area contributed by atoms with Crippen LogP contribution in [0.2, 0.25) is 5.02 Å². The number of aromatic nitrogens is 1. The van der Waals surface area contributed by atoms with E-state index in [1.165, 1.54) is 25.0 Å². The number of nitrogens with zero attached hydrogens (tertiary/aromatic N) is 3. The molecule has 7 nitrogen and oxygen atoms in total. The van der Waals surface area contributed by atoms with Crippen LogP contribution >= 0.6 is 11.6 Å². The van der Waals surface area contributed by atoms with Crippen molar-refractivity contribution >= 4 is 33.9 Å². The number of anilines is 2. The van der Waals surface area contributed by atoms with E-state index in [9.17, 15) is 9.65 Å². The summed E-state index contributed by atoms with van der Waals surface area (Å²) < 4.78 is 13.7. The Hall–Kier alpha value is -3.54. The number of rotatable bonds is 8. The maximum absolute atomic E-state index is 13.7. The van der Waals surface area contributed by atoms with Gasteiger partial charge < -0.3 is 16.1 Å². The van der Waals surface area contributed by atoms with Crippen molar-refractivity contribution in [1.82, 2.24) is 21.0 Å². The van der Waals surface area contributed by atoms with Crippen molar-refractivity contribution in [1.29, 1.82) is 5.26 Å². The lowest BCUT2D eigenvalue weighted by Crippen LogP contribution is -2.38. The van der Waals surface area contributed by atoms with Crippen LogP contribution in [0.3, 0.4) is 0 Å². The van der Waals surface area contributed by atoms with Crippen LogP contribution in [0.4, 0.5) is 15.8 Å². The molecule has 2 heterocycles. The lowest BCUT2D eigenvalue weighted by Gasteiger charge is -2.23. The van der Waals surface area contributed by atoms with Gasteiger partial charge in [0.05, 0.1) is 33.5 Å². The van der Waals surface area contributed by atoms with Crippen LogP contribution in [0.15, 0.2) is 54.5 Å². The molecule has 1 aliphatic heterocycles. The molecule has 0 spiro atoms. The zero-order valence-electron chi connectivity index (χ0n) is 20.2. The van der Waals surface area contributed by atoms with Crippen molar-refractivity contribution in [3.8, 4) is 6.07 Å². The average molecular weight is 516 g/mol. The first kappa shape index (κ1) is 22.6. The summed E-state index contributed by atoms with van der Waals surface area (Å²) in [5.74, 6) is 0.391. The van der Waals surface area contributed by atoms with Crippen molar-refractivity contribution in [3.05, 3.63) is 76.5 Å². The maximum Gasteiger partial charge on any atom is 0.123 e. The SMILES string of the molecule is N#Cc1cnc2c(Cl)cc(NC(C3=CN(C4CC4)NN3)c3ccc(F)cc3)cc2c1NC1(C2CC2)CC1. The lowest BCUT2D eigenvalue weighted by atomic mass is 10.0. The summed E-state index contributed by atoms with van der Waals surface area (Å²) in [4.78, 5) is 4.52. The Morgan fingerprint density at radius 2 is 1.95 bits per heavy atom. The van der Waals surface area contributed by atoms with E-state index in [0.29, 0.717) is 28.1 Å². The van der Waals surface area contributed by atoms with Crippen molar-refractivity contribution in [2.75, 3.05) is 10.6 Å². The first-order valence-electron chi connectivity index (χ1n) is 12.9. The predicted molar refractivity (Wildman–Crippen MR) is 142 cm³/mol. The van der Waals surface area contributed by atoms with Gasteiger partial charge in [-0.2, -0.15) is 5.26 Å². The minimum absolute atomic E-state index is 0.0863. The Kier molecular flexibility index (Phi) is 5.20. The Labute approximate surface area is 219 Å². The molecule has 0 amide bonds. The van der Waals surface area contributed by atoms with Crippen LogP contribution in [0.25, 0.3) is 10.9 Å². The van der Waals surface area contributed by atoms with Crippen LogP contribution in [0.5, 0.6) is 0 Å². The molecule has 7 rings (SSSR count). The van der Waals surface area contributed by atoms with E-state index in [0.717, 1.165) is 53.7 Å². The molecule has 3 aromatic rings. The number of fused-ring (bicyclic) bond motifs is 1. The van der Waals surface area contributed by atoms with Gasteiger partial charge in [-0.3, -0.25) is 9.99 Å². The quantitative estimate of drug-likeness (QED) is 0.304. The summed E-state index contributed by atoms with van der Waals surface area (Å²) in [6.07, 6.45) is 10.7. The van der Waals surface area contributed by atoms with Gasteiger partial charge in [0, 0.05) is 35.1 Å². The number of halogens is 2. The molecule has 2 aromatic carbocycles. The van der Waals surface area contributed by atoms with Gasteiger partial charge in [-0.15, -0.1) is 5.53 Å². The van der Waals surface area contributed by atoms with Crippen LogP contribution in [0.1, 0.15) is 55.7 Å². The first-order chi connectivity index (χ1) is 18.0. The number of hydrogen-bond donors (Lipinski definition) is 4. The van der Waals surface area contributed by atoms with Gasteiger partial charge in [0.2, 0.25) is 0 Å². The molecule has 1 atom stereocenters. The molecule has 1 unspecified atom stereocenters. The molecule has 0 radical (unpaired) electrons. The number of pyridine rings is 1. The van der Waals surface area contributed by atoms with Gasteiger partial charge in [0.25, 0.3) is 0 Å². The monoisotopic (exact) mass is 515 g/mol. The smallest absolute Gasteiger partial charge is 0.123 e. The maximum atomic E-state index is 13.7. The molecule has 3 fully saturated rings. The Morgan fingerprint density at radius 3 is 2.62 bits per heavy atom. The van der Waals surface area contributed by atoms with Crippen LogP contribution in [0, 0.1) is 23.1 Å². The molecule has 188 valence electrons. The third kappa shape index (κ3) is 4.22. The third-order valence-electron chi connectivity index (χ3n) is 7.94. The standard InChI is InChI=1S/C28H27ClFN7/c29-23-12-20(11-22-25(17(13-31)14-32-27(22)23)34-28(9-10-28)18-3-4-18)33-26(16-1-5-19(30)6-2-16)24-15-37(36-35-24)21-7-8-21/h1-2,5-6,11-12,14-15,18,21,26,33,35-36H,3-4,7-10H2,(H,32,34). The molecule has 0 saturated heterocycles. The highest BCUT2D eigenvalue weighted by Crippen LogP contribution is 2.56. The molecule has 0 bridgehead atoms. The summed E-state index contributed by atoms with van der Waals surface area (Å²) >= 11 is 6.76. The number of nitrogens with one attached hydrogen (secondary N) is 4. The molecule has 4 N–H and O–H groups in total. The van der Waals surface area contributed by atoms with E-state index in [1.807, 2.05) is 12.1 Å². The van der Waals surface area contributed by atoms with Crippen molar-refractivity contribution < 1.29 is 4.39 Å². The van der Waals surface area contributed by atoms with E-state index in [4.69, 9.17) is 11.6 Å². The highest BCUT2D eigenvalue weighted by Gasteiger charge is 2.54. The minimum atomic E-state index is -0.282. The summed E-state index contributed by atoms with van der Waals surface area (Å²) in [5, 5.41) is 20.7. The van der Waals surface area contributed by atoms with E-state index in [1.54, 1.807) is 18.3 Å². The second-order valence-corrected chi connectivity index (χ2v) is 11.1. The molecule has 3 saturated carbocycles. The minimum Gasteiger partial charge on any atom is -0.378 e. The molecule has 3 aliphatic carbocycles. The highest BCUT2D eigenvalue weighted by molar-refractivity contribution is 6.35. The van der Waals surface area contributed by atoms with Gasteiger partial charge in [-0.05, 0) is 74.3 Å². The van der Waals surface area contributed by atoms with Crippen molar-refractivity contribution in [3.63, 3.8) is 0 Å². The van der Waals surface area contributed by atoms with Gasteiger partial charge in [0.1, 0.15) is 11.9 Å². The van der Waals surface area contributed by atoms with Crippen LogP contribution in [-0.4, -0.2) is 21.6 Å². The fourth-order valence-corrected chi connectivity index (χ4v) is 5.69. The fraction of sp³-hybridized carbons (Fsp3) is 0.357. The largest absolute Gasteiger partial charge is 0.378 e. The summed E-state index contributed by atoms with van der Waals surface area (Å²) in [6, 6.07) is 12.9. The zero-order valence-corrected chi connectivity index (χ0v) is 20.9. The molecular weight excluding hydrogens is 489 g/mol. The number of benzene rings is 2. The average Bonchev–Trinajstić information content (AvgIpc) is 3.77. The molecule has 37 heavy (non-hydrogen) atoms. The topological polar surface area (TPSA) is 88.0 Å². The normalized spacial score (nSPS) is 20.7. The Morgan fingerprint density at radius 1 is 1.16 bits per heavy atom. The van der Waals surface area contributed by atoms with Crippen LogP contribution < -0.4 is 21.6 Å². The first-order valence-corrected chi connectivity index (χ1v) is 13.2. The predicted octanol–water partition coefficient (Wildman–Crippen LogP) is 5.74. The van der Waals surface area contributed by atoms with Crippen molar-refractivity contribution in [2.24, 2.45) is 5.92 Å². The zero-order chi connectivity index (χ0) is 25.1. The summed E-state index contributed by atoms with van der Waals surface area (Å²) in [7, 11) is 0. The van der Waals surface area contributed by atoms with Gasteiger partial charge in [-0.25, -0.2) is 4.39 Å². The van der Waals surface area contributed by atoms with E-state index < -0.39 is 0 Å². The fourth-order valence-electron chi connectivity index (χ4n) is 5.42. The van der Waals surface area contributed by atoms with E-state index >= 15 is 0 Å². The number of hydrazine groups is 2. The van der Waals surface area contributed by atoms with Gasteiger partial charge in [-0.1, -0.05) is 23.7 Å². The Balaban J connectivity index is 1.29. The van der Waals surface area contributed by atoms with Crippen LogP contribution in [-0.2, 0) is 0 Å². The van der Waals surface area contributed by atoms with Gasteiger partial charge >= 0.3 is 0 Å². The summed E-state index contributed by atoms with van der Waals surface area (Å²) in [5.41, 5.74) is 11.2. The Bertz CT molecular complexity index is 1450. The van der Waals surface area contributed by atoms with E-state index in [2.05, 4.69) is 43.9 Å². The molecular formula is C28H27ClFN7. The second kappa shape index (κ2) is 8.51. The lowest BCUT2D eigenvalue weighted by molar-refractivity contribution is 0.260.